The molecule has 3 aromatic rings. The van der Waals surface area contributed by atoms with Gasteiger partial charge in [0, 0.05) is 39.9 Å². The molecule has 0 spiro atoms. The largest absolute Gasteiger partial charge is 0.355 e. The Morgan fingerprint density at radius 3 is 2.48 bits per heavy atom. The molecule has 0 bridgehead atoms. The van der Waals surface area contributed by atoms with Crippen molar-refractivity contribution in [3.05, 3.63) is 75.7 Å². The maximum atomic E-state index is 12.6. The van der Waals surface area contributed by atoms with Crippen LogP contribution in [0, 0.1) is 5.92 Å². The Morgan fingerprint density at radius 1 is 1.06 bits per heavy atom. The minimum atomic E-state index is 0.0129. The Kier molecular flexibility index (Phi) is 7.48. The Bertz CT molecular complexity index is 1020. The third-order valence-corrected chi connectivity index (χ3v) is 7.09. The van der Waals surface area contributed by atoms with Gasteiger partial charge in [0.25, 0.3) is 0 Å². The van der Waals surface area contributed by atoms with E-state index in [0.717, 1.165) is 51.7 Å². The maximum absolute atomic E-state index is 12.6. The average molecular weight is 518 g/mol. The van der Waals surface area contributed by atoms with Gasteiger partial charge < -0.3 is 10.2 Å². The number of carbonyl (C=O) groups excluding carboxylic acids is 1. The van der Waals surface area contributed by atoms with Gasteiger partial charge in [-0.3, -0.25) is 4.79 Å². The van der Waals surface area contributed by atoms with Crippen LogP contribution in [0.25, 0.3) is 0 Å². The zero-order chi connectivity index (χ0) is 21.6. The van der Waals surface area contributed by atoms with Crippen LogP contribution < -0.4 is 10.2 Å². The van der Waals surface area contributed by atoms with Gasteiger partial charge in [0.05, 0.1) is 0 Å². The first kappa shape index (κ1) is 22.1. The van der Waals surface area contributed by atoms with E-state index in [9.17, 15) is 4.79 Å². The van der Waals surface area contributed by atoms with E-state index in [2.05, 4.69) is 36.3 Å². The fourth-order valence-electron chi connectivity index (χ4n) is 3.50. The number of carbonyl (C=O) groups is 1. The second-order valence-corrected chi connectivity index (χ2v) is 9.77. The molecule has 1 amide bonds. The third kappa shape index (κ3) is 5.99. The first-order valence-corrected chi connectivity index (χ1v) is 12.1. The van der Waals surface area contributed by atoms with Crippen LogP contribution in [0.4, 0.5) is 5.82 Å². The smallest absolute Gasteiger partial charge is 0.223 e. The number of nitrogens with one attached hydrogen (secondary N) is 1. The summed E-state index contributed by atoms with van der Waals surface area (Å²) in [5, 5.41) is 13.3. The standard InChI is InChI=1S/C23H22BrClN4OS/c24-18-5-7-19(8-6-18)31-22-10-9-21(27-28-22)29-13-11-16(12-14-29)23(30)26-15-17-3-1-2-4-20(17)25/h1-10,16H,11-15H2,(H,26,30). The number of amides is 1. The second kappa shape index (κ2) is 10.5. The van der Waals surface area contributed by atoms with Crippen molar-refractivity contribution in [3.8, 4) is 0 Å². The van der Waals surface area contributed by atoms with Crippen LogP contribution in [-0.4, -0.2) is 29.2 Å². The number of halogens is 2. The van der Waals surface area contributed by atoms with Gasteiger partial charge >= 0.3 is 0 Å². The van der Waals surface area contributed by atoms with Crippen molar-refractivity contribution in [1.29, 1.82) is 0 Å². The Morgan fingerprint density at radius 2 is 1.81 bits per heavy atom. The molecular formula is C23H22BrClN4OS. The molecule has 1 aliphatic rings. The van der Waals surface area contributed by atoms with Crippen molar-refractivity contribution in [3.63, 3.8) is 0 Å². The molecule has 1 fully saturated rings. The number of aromatic nitrogens is 2. The van der Waals surface area contributed by atoms with Crippen molar-refractivity contribution < 1.29 is 4.79 Å². The molecule has 0 radical (unpaired) electrons. The van der Waals surface area contributed by atoms with Crippen LogP contribution in [0.5, 0.6) is 0 Å². The summed E-state index contributed by atoms with van der Waals surface area (Å²) in [7, 11) is 0. The summed E-state index contributed by atoms with van der Waals surface area (Å²) in [6, 6.07) is 19.7. The summed E-state index contributed by atoms with van der Waals surface area (Å²) in [6.07, 6.45) is 1.59. The predicted octanol–water partition coefficient (Wildman–Crippen LogP) is 5.58. The number of piperidine rings is 1. The van der Waals surface area contributed by atoms with Crippen LogP contribution in [0.3, 0.4) is 0 Å². The van der Waals surface area contributed by atoms with E-state index in [1.165, 1.54) is 0 Å². The van der Waals surface area contributed by atoms with Gasteiger partial charge in [-0.2, -0.15) is 0 Å². The molecule has 4 rings (SSSR count). The highest BCUT2D eigenvalue weighted by Gasteiger charge is 2.25. The van der Waals surface area contributed by atoms with Gasteiger partial charge in [-0.15, -0.1) is 10.2 Å². The van der Waals surface area contributed by atoms with E-state index < -0.39 is 0 Å². The number of hydrogen-bond acceptors (Lipinski definition) is 5. The van der Waals surface area contributed by atoms with Crippen molar-refractivity contribution in [2.45, 2.75) is 29.3 Å². The van der Waals surface area contributed by atoms with Gasteiger partial charge in [0.1, 0.15) is 5.03 Å². The number of rotatable bonds is 6. The third-order valence-electron chi connectivity index (χ3n) is 5.26. The lowest BCUT2D eigenvalue weighted by molar-refractivity contribution is -0.125. The molecule has 31 heavy (non-hydrogen) atoms. The van der Waals surface area contributed by atoms with E-state index >= 15 is 0 Å². The zero-order valence-electron chi connectivity index (χ0n) is 16.8. The highest BCUT2D eigenvalue weighted by atomic mass is 79.9. The fourth-order valence-corrected chi connectivity index (χ4v) is 4.70. The molecule has 160 valence electrons. The zero-order valence-corrected chi connectivity index (χ0v) is 20.0. The van der Waals surface area contributed by atoms with Crippen LogP contribution >= 0.6 is 39.3 Å². The molecule has 0 saturated carbocycles. The molecule has 0 unspecified atom stereocenters. The SMILES string of the molecule is O=C(NCc1ccccc1Cl)C1CCN(c2ccc(Sc3ccc(Br)cc3)nn2)CC1. The Balaban J connectivity index is 1.26. The van der Waals surface area contributed by atoms with Crippen LogP contribution in [-0.2, 0) is 11.3 Å². The number of hydrogen-bond donors (Lipinski definition) is 1. The van der Waals surface area contributed by atoms with Gasteiger partial charge in [-0.1, -0.05) is 57.5 Å². The monoisotopic (exact) mass is 516 g/mol. The molecular weight excluding hydrogens is 496 g/mol. The first-order chi connectivity index (χ1) is 15.1. The summed E-state index contributed by atoms with van der Waals surface area (Å²) >= 11 is 11.2. The van der Waals surface area contributed by atoms with Crippen molar-refractivity contribution in [2.24, 2.45) is 5.92 Å². The molecule has 5 nitrogen and oxygen atoms in total. The maximum Gasteiger partial charge on any atom is 0.223 e. The lowest BCUT2D eigenvalue weighted by Crippen LogP contribution is -2.40. The molecule has 1 aliphatic heterocycles. The van der Waals surface area contributed by atoms with Crippen LogP contribution in [0.1, 0.15) is 18.4 Å². The second-order valence-electron chi connectivity index (χ2n) is 7.36. The van der Waals surface area contributed by atoms with Gasteiger partial charge in [-0.25, -0.2) is 0 Å². The Labute approximate surface area is 199 Å². The van der Waals surface area contributed by atoms with Crippen LogP contribution in [0.2, 0.25) is 5.02 Å². The molecule has 8 heteroatoms. The van der Waals surface area contributed by atoms with Crippen molar-refractivity contribution >= 4 is 51.0 Å². The average Bonchev–Trinajstić information content (AvgIpc) is 2.80. The number of anilines is 1. The normalized spacial score (nSPS) is 14.5. The fraction of sp³-hybridized carbons (Fsp3) is 0.261. The van der Waals surface area contributed by atoms with E-state index in [4.69, 9.17) is 11.6 Å². The quantitative estimate of drug-likeness (QED) is 0.463. The topological polar surface area (TPSA) is 58.1 Å². The molecule has 2 aromatic carbocycles. The summed E-state index contributed by atoms with van der Waals surface area (Å²) in [5.41, 5.74) is 0.936. The highest BCUT2D eigenvalue weighted by Crippen LogP contribution is 2.28. The summed E-state index contributed by atoms with van der Waals surface area (Å²) in [5.74, 6) is 0.959. The minimum Gasteiger partial charge on any atom is -0.355 e. The molecule has 1 aromatic heterocycles. The molecule has 2 heterocycles. The van der Waals surface area contributed by atoms with Gasteiger partial charge in [0.2, 0.25) is 5.91 Å². The molecule has 0 atom stereocenters. The van der Waals surface area contributed by atoms with E-state index in [1.807, 2.05) is 60.7 Å². The summed E-state index contributed by atoms with van der Waals surface area (Å²) in [4.78, 5) is 15.9. The number of nitrogens with zero attached hydrogens (tertiary/aromatic N) is 3. The predicted molar refractivity (Wildman–Crippen MR) is 129 cm³/mol. The lowest BCUT2D eigenvalue weighted by atomic mass is 9.96. The van der Waals surface area contributed by atoms with Crippen LogP contribution in [0.15, 0.2) is 75.1 Å². The molecule has 1 N–H and O–H groups in total. The van der Waals surface area contributed by atoms with Crippen molar-refractivity contribution in [1.82, 2.24) is 15.5 Å². The summed E-state index contributed by atoms with van der Waals surface area (Å²) < 4.78 is 1.05. The van der Waals surface area contributed by atoms with E-state index in [0.29, 0.717) is 11.6 Å². The van der Waals surface area contributed by atoms with Gasteiger partial charge in [-0.05, 0) is 60.9 Å². The van der Waals surface area contributed by atoms with Crippen molar-refractivity contribution in [2.75, 3.05) is 18.0 Å². The molecule has 0 aliphatic carbocycles. The number of benzene rings is 2. The van der Waals surface area contributed by atoms with E-state index in [-0.39, 0.29) is 11.8 Å². The highest BCUT2D eigenvalue weighted by molar-refractivity contribution is 9.10. The molecule has 1 saturated heterocycles. The first-order valence-electron chi connectivity index (χ1n) is 10.1. The minimum absolute atomic E-state index is 0.0129. The van der Waals surface area contributed by atoms with E-state index in [1.54, 1.807) is 11.8 Å². The lowest BCUT2D eigenvalue weighted by Gasteiger charge is -2.31. The Hall–Kier alpha value is -2.09. The van der Waals surface area contributed by atoms with Gasteiger partial charge in [0.15, 0.2) is 5.82 Å². The summed E-state index contributed by atoms with van der Waals surface area (Å²) in [6.45, 7) is 2.04.